The van der Waals surface area contributed by atoms with Gasteiger partial charge >= 0.3 is 0 Å². The summed E-state index contributed by atoms with van der Waals surface area (Å²) in [4.78, 5) is 62.2. The Morgan fingerprint density at radius 1 is 0.863 bits per heavy atom. The van der Waals surface area contributed by atoms with E-state index in [0.717, 1.165) is 25.7 Å². The van der Waals surface area contributed by atoms with E-state index in [4.69, 9.17) is 14.2 Å². The number of carbonyl (C=O) groups excluding carboxylic acids is 5. The summed E-state index contributed by atoms with van der Waals surface area (Å²) < 4.78 is 19.2. The van der Waals surface area contributed by atoms with Gasteiger partial charge < -0.3 is 24.8 Å². The first kappa shape index (κ1) is 39.8. The summed E-state index contributed by atoms with van der Waals surface area (Å²) in [5.74, 6) is -0.438. The first-order valence-corrected chi connectivity index (χ1v) is 18.0. The molecule has 1 aromatic carbocycles. The summed E-state index contributed by atoms with van der Waals surface area (Å²) in [7, 11) is 0. The second kappa shape index (κ2) is 19.0. The van der Waals surface area contributed by atoms with Crippen molar-refractivity contribution in [3.05, 3.63) is 47.8 Å². The maximum absolute atomic E-state index is 12.8. The van der Waals surface area contributed by atoms with Crippen LogP contribution in [0.2, 0.25) is 0 Å². The molecule has 51 heavy (non-hydrogen) atoms. The molecule has 2 heterocycles. The summed E-state index contributed by atoms with van der Waals surface area (Å²) in [5.41, 5.74) is 0.320. The van der Waals surface area contributed by atoms with E-state index in [1.165, 1.54) is 4.90 Å². The molecular weight excluding hydrogens is 656 g/mol. The molecule has 0 spiro atoms. The van der Waals surface area contributed by atoms with Crippen molar-refractivity contribution in [3.8, 4) is 0 Å². The molecule has 2 N–H and O–H groups in total. The van der Waals surface area contributed by atoms with E-state index >= 15 is 0 Å². The van der Waals surface area contributed by atoms with Crippen LogP contribution in [0, 0.1) is 11.8 Å². The summed E-state index contributed by atoms with van der Waals surface area (Å²) >= 11 is 0. The van der Waals surface area contributed by atoms with Crippen molar-refractivity contribution in [1.29, 1.82) is 0 Å². The van der Waals surface area contributed by atoms with E-state index < -0.39 is 11.2 Å². The van der Waals surface area contributed by atoms with Crippen LogP contribution in [0.25, 0.3) is 0 Å². The maximum Gasteiger partial charge on any atom is 0.246 e. The summed E-state index contributed by atoms with van der Waals surface area (Å²) in [6.07, 6.45) is 6.82. The number of hydrogen-bond donors (Lipinski definition) is 2. The van der Waals surface area contributed by atoms with Gasteiger partial charge in [0.2, 0.25) is 23.6 Å². The highest BCUT2D eigenvalue weighted by Crippen LogP contribution is 2.30. The summed E-state index contributed by atoms with van der Waals surface area (Å²) in [5, 5.41) is 14.1. The lowest BCUT2D eigenvalue weighted by atomic mass is 9.81. The fourth-order valence-electron chi connectivity index (χ4n) is 6.17. The van der Waals surface area contributed by atoms with Crippen LogP contribution in [-0.4, -0.2) is 100 Å². The van der Waals surface area contributed by atoms with Gasteiger partial charge in [0.05, 0.1) is 43.7 Å². The highest BCUT2D eigenvalue weighted by molar-refractivity contribution is 6.02. The zero-order chi connectivity index (χ0) is 36.9. The second-order valence-corrected chi connectivity index (χ2v) is 14.7. The molecule has 1 aliphatic carbocycles. The molecule has 4 rings (SSSR count). The van der Waals surface area contributed by atoms with E-state index in [9.17, 15) is 24.0 Å². The second-order valence-electron chi connectivity index (χ2n) is 14.7. The topological polar surface area (TPSA) is 171 Å². The Morgan fingerprint density at radius 2 is 1.53 bits per heavy atom. The molecule has 280 valence electrons. The van der Waals surface area contributed by atoms with Crippen molar-refractivity contribution in [2.24, 2.45) is 11.8 Å². The number of amides is 4. The summed E-state index contributed by atoms with van der Waals surface area (Å²) in [6, 6.07) is 8.82. The van der Waals surface area contributed by atoms with Gasteiger partial charge in [-0.1, -0.05) is 35.5 Å². The van der Waals surface area contributed by atoms with Crippen LogP contribution in [0.1, 0.15) is 95.1 Å². The zero-order valence-electron chi connectivity index (χ0n) is 30.5. The van der Waals surface area contributed by atoms with Crippen LogP contribution in [0.15, 0.2) is 36.5 Å². The molecule has 4 amide bonds. The average molecular weight is 711 g/mol. The molecule has 14 heteroatoms. The van der Waals surface area contributed by atoms with Gasteiger partial charge in [-0.3, -0.25) is 28.9 Å². The van der Waals surface area contributed by atoms with Gasteiger partial charge in [-0.25, -0.2) is 4.68 Å². The van der Waals surface area contributed by atoms with Crippen LogP contribution < -0.4 is 10.6 Å². The normalized spacial score (nSPS) is 18.2. The first-order chi connectivity index (χ1) is 24.3. The minimum Gasteiger partial charge on any atom is -0.375 e. The maximum atomic E-state index is 12.8. The predicted octanol–water partition coefficient (Wildman–Crippen LogP) is 3.24. The lowest BCUT2D eigenvalue weighted by Crippen LogP contribution is -2.37. The van der Waals surface area contributed by atoms with Crippen molar-refractivity contribution in [3.63, 3.8) is 0 Å². The number of rotatable bonds is 21. The van der Waals surface area contributed by atoms with Crippen LogP contribution in [0.4, 0.5) is 0 Å². The third-order valence-electron chi connectivity index (χ3n) is 9.46. The smallest absolute Gasteiger partial charge is 0.246 e. The van der Waals surface area contributed by atoms with E-state index in [0.29, 0.717) is 76.3 Å². The number of ketones is 1. The van der Waals surface area contributed by atoms with Crippen LogP contribution in [-0.2, 0) is 46.5 Å². The monoisotopic (exact) mass is 710 g/mol. The molecular formula is C37H54N6O8. The Hall–Kier alpha value is -4.01. The first-order valence-electron chi connectivity index (χ1n) is 18.0. The van der Waals surface area contributed by atoms with Crippen molar-refractivity contribution >= 4 is 29.4 Å². The van der Waals surface area contributed by atoms with E-state index in [1.54, 1.807) is 35.1 Å². The molecule has 1 saturated heterocycles. The number of nitrogens with one attached hydrogen (secondary N) is 2. The third kappa shape index (κ3) is 13.6. The van der Waals surface area contributed by atoms with Crippen LogP contribution >= 0.6 is 0 Å². The lowest BCUT2D eigenvalue weighted by Gasteiger charge is -2.30. The average Bonchev–Trinajstić information content (AvgIpc) is 3.68. The van der Waals surface area contributed by atoms with Gasteiger partial charge in [-0.05, 0) is 72.1 Å². The highest BCUT2D eigenvalue weighted by atomic mass is 16.5. The minimum absolute atomic E-state index is 0.00458. The number of benzene rings is 1. The zero-order valence-corrected chi connectivity index (χ0v) is 30.5. The van der Waals surface area contributed by atoms with E-state index in [1.807, 2.05) is 33.8 Å². The number of aromatic nitrogens is 3. The number of likely N-dealkylation sites (tertiary alicyclic amines) is 1. The quantitative estimate of drug-likeness (QED) is 0.145. The highest BCUT2D eigenvalue weighted by Gasteiger charge is 2.33. The molecule has 1 saturated carbocycles. The Labute approximate surface area is 300 Å². The van der Waals surface area contributed by atoms with Gasteiger partial charge in [0.25, 0.3) is 0 Å². The molecule has 1 aliphatic heterocycles. The fourth-order valence-corrected chi connectivity index (χ4v) is 6.17. The Bertz CT molecular complexity index is 1450. The molecule has 1 aromatic heterocycles. The molecule has 14 nitrogen and oxygen atoms in total. The van der Waals surface area contributed by atoms with Crippen LogP contribution in [0.3, 0.4) is 0 Å². The van der Waals surface area contributed by atoms with E-state index in [-0.39, 0.29) is 54.5 Å². The van der Waals surface area contributed by atoms with Crippen LogP contribution in [0.5, 0.6) is 0 Å². The number of nitrogens with zero attached hydrogens (tertiary/aromatic N) is 4. The molecule has 2 aromatic rings. The third-order valence-corrected chi connectivity index (χ3v) is 9.46. The predicted molar refractivity (Wildman–Crippen MR) is 187 cm³/mol. The number of imide groups is 1. The Kier molecular flexibility index (Phi) is 14.8. The molecule has 0 unspecified atom stereocenters. The summed E-state index contributed by atoms with van der Waals surface area (Å²) in [6.45, 7) is 10.2. The largest absolute Gasteiger partial charge is 0.375 e. The van der Waals surface area contributed by atoms with Gasteiger partial charge in [-0.15, -0.1) is 5.10 Å². The molecule has 2 fully saturated rings. The molecule has 0 radical (unpaired) electrons. The van der Waals surface area contributed by atoms with Crippen molar-refractivity contribution in [1.82, 2.24) is 30.5 Å². The van der Waals surface area contributed by atoms with Crippen molar-refractivity contribution in [2.75, 3.05) is 39.5 Å². The van der Waals surface area contributed by atoms with Gasteiger partial charge in [0.1, 0.15) is 18.9 Å². The Morgan fingerprint density at radius 3 is 2.24 bits per heavy atom. The van der Waals surface area contributed by atoms with E-state index in [2.05, 4.69) is 20.9 Å². The molecule has 0 atom stereocenters. The molecule has 2 aliphatic rings. The Balaban J connectivity index is 1.03. The van der Waals surface area contributed by atoms with Crippen molar-refractivity contribution < 1.29 is 38.2 Å². The number of carbonyl (C=O) groups is 5. The van der Waals surface area contributed by atoms with Gasteiger partial charge in [0.15, 0.2) is 5.78 Å². The van der Waals surface area contributed by atoms with Crippen molar-refractivity contribution in [2.45, 2.75) is 103 Å². The van der Waals surface area contributed by atoms with Gasteiger partial charge in [0, 0.05) is 37.4 Å². The molecule has 0 bridgehead atoms. The van der Waals surface area contributed by atoms with Gasteiger partial charge in [-0.2, -0.15) is 0 Å². The lowest BCUT2D eigenvalue weighted by molar-refractivity contribution is -0.139. The number of Topliss-reactive ketones (excluding diaryl/α,β-unsaturated/α-hetero) is 1. The minimum atomic E-state index is -0.462. The standard InChI is InChI=1S/C37H54N6O8/c1-36(2,16-18-38-32(45)26-49-25-31(44)28-8-6-5-7-9-28)50-20-17-37(3,4)51-21-19-42-24-30(40-41-42)22-39-35(48)29-12-10-27(11-13-29)23-43-33(46)14-15-34(43)47/h5-9,24,27,29H,10-23,25-26H2,1-4H3,(H,38,45)(H,39,48). The SMILES string of the molecule is CC(C)(CCNC(=O)COCC(=O)c1ccccc1)OCCC(C)(C)OCCn1cc(CNC(=O)C2CCC(CN3C(=O)CCC3=O)CC2)nn1. The number of ether oxygens (including phenoxy) is 3. The number of hydrogen-bond acceptors (Lipinski definition) is 10. The fraction of sp³-hybridized carbons (Fsp3) is 0.649.